The summed E-state index contributed by atoms with van der Waals surface area (Å²) < 4.78 is 16.6. The second kappa shape index (κ2) is 9.35. The first kappa shape index (κ1) is 18.4. The fourth-order valence-electron chi connectivity index (χ4n) is 3.37. The topological polar surface area (TPSA) is 75.6 Å². The molecule has 3 saturated heterocycles. The quantitative estimate of drug-likeness (QED) is 0.551. The molecule has 0 radical (unpaired) electrons. The van der Waals surface area contributed by atoms with Crippen molar-refractivity contribution in [3.8, 4) is 0 Å². The highest BCUT2D eigenvalue weighted by atomic mass is 16.6. The van der Waals surface area contributed by atoms with Gasteiger partial charge in [-0.25, -0.2) is 0 Å². The summed E-state index contributed by atoms with van der Waals surface area (Å²) in [5.41, 5.74) is 0. The molecule has 0 aromatic rings. The molecule has 2 atom stereocenters. The molecule has 3 fully saturated rings. The lowest BCUT2D eigenvalue weighted by Crippen LogP contribution is -2.55. The molecule has 0 bridgehead atoms. The largest absolute Gasteiger partial charge is 0.376 e. The zero-order valence-electron chi connectivity index (χ0n) is 15.1. The van der Waals surface area contributed by atoms with Crippen LogP contribution in [-0.2, 0) is 19.0 Å². The number of carbonyl (C=O) groups excluding carboxylic acids is 1. The first-order chi connectivity index (χ1) is 12.3. The van der Waals surface area contributed by atoms with E-state index in [-0.39, 0.29) is 18.1 Å². The Labute approximate surface area is 149 Å². The van der Waals surface area contributed by atoms with Gasteiger partial charge < -0.3 is 29.3 Å². The Morgan fingerprint density at radius 2 is 1.92 bits per heavy atom. The first-order valence-electron chi connectivity index (χ1n) is 9.41. The Morgan fingerprint density at radius 1 is 1.12 bits per heavy atom. The summed E-state index contributed by atoms with van der Waals surface area (Å²) in [5, 5.41) is 3.34. The normalized spacial score (nSPS) is 28.3. The average molecular weight is 354 g/mol. The van der Waals surface area contributed by atoms with E-state index >= 15 is 0 Å². The molecule has 3 rings (SSSR count). The zero-order valence-corrected chi connectivity index (χ0v) is 15.1. The number of hydrogen-bond donors (Lipinski definition) is 1. The summed E-state index contributed by atoms with van der Waals surface area (Å²) in [6.07, 6.45) is 1.65. The summed E-state index contributed by atoms with van der Waals surface area (Å²) in [6.45, 7) is 9.09. The lowest BCUT2D eigenvalue weighted by Gasteiger charge is -2.37. The number of guanidine groups is 1. The van der Waals surface area contributed by atoms with E-state index in [1.54, 1.807) is 0 Å². The Morgan fingerprint density at radius 3 is 2.56 bits per heavy atom. The van der Waals surface area contributed by atoms with E-state index in [1.165, 1.54) is 0 Å². The second-order valence-corrected chi connectivity index (χ2v) is 6.58. The minimum Gasteiger partial charge on any atom is -0.376 e. The van der Waals surface area contributed by atoms with Gasteiger partial charge in [0.25, 0.3) is 5.91 Å². The Balaban J connectivity index is 1.50. The Bertz CT molecular complexity index is 454. The van der Waals surface area contributed by atoms with Gasteiger partial charge in [-0.15, -0.1) is 0 Å². The van der Waals surface area contributed by atoms with Crippen LogP contribution < -0.4 is 5.32 Å². The van der Waals surface area contributed by atoms with Gasteiger partial charge in [-0.3, -0.25) is 9.79 Å². The van der Waals surface area contributed by atoms with Gasteiger partial charge in [0, 0.05) is 39.3 Å². The van der Waals surface area contributed by atoms with E-state index in [9.17, 15) is 4.79 Å². The van der Waals surface area contributed by atoms with Gasteiger partial charge in [-0.05, 0) is 19.8 Å². The highest BCUT2D eigenvalue weighted by Gasteiger charge is 2.31. The highest BCUT2D eigenvalue weighted by Crippen LogP contribution is 2.16. The standard InChI is InChI=1S/C17H30N4O4/c1-2-18-17(19-12-14-13-23-10-11-24-14)21-7-5-20(6-8-21)16(22)15-4-3-9-25-15/h14-15H,2-13H2,1H3,(H,18,19). The monoisotopic (exact) mass is 354 g/mol. The molecule has 0 saturated carbocycles. The maximum absolute atomic E-state index is 12.4. The lowest BCUT2D eigenvalue weighted by atomic mass is 10.2. The van der Waals surface area contributed by atoms with Crippen LogP contribution in [0, 0.1) is 0 Å². The first-order valence-corrected chi connectivity index (χ1v) is 9.41. The van der Waals surface area contributed by atoms with Crippen molar-refractivity contribution in [2.45, 2.75) is 32.0 Å². The van der Waals surface area contributed by atoms with Gasteiger partial charge in [0.05, 0.1) is 26.4 Å². The van der Waals surface area contributed by atoms with Crippen LogP contribution in [0.4, 0.5) is 0 Å². The van der Waals surface area contributed by atoms with Crippen LogP contribution in [0.25, 0.3) is 0 Å². The molecule has 1 N–H and O–H groups in total. The van der Waals surface area contributed by atoms with Crippen molar-refractivity contribution in [1.82, 2.24) is 15.1 Å². The third kappa shape index (κ3) is 5.05. The molecule has 0 aromatic heterocycles. The Hall–Kier alpha value is -1.38. The van der Waals surface area contributed by atoms with Crippen LogP contribution in [0.2, 0.25) is 0 Å². The SMILES string of the molecule is CCNC(=NCC1COCCO1)N1CCN(C(=O)C2CCCO2)CC1. The molecule has 1 amide bonds. The average Bonchev–Trinajstić information content (AvgIpc) is 3.20. The molecule has 142 valence electrons. The summed E-state index contributed by atoms with van der Waals surface area (Å²) in [5.74, 6) is 1.03. The fourth-order valence-corrected chi connectivity index (χ4v) is 3.37. The molecule has 0 aromatic carbocycles. The van der Waals surface area contributed by atoms with Gasteiger partial charge in [0.15, 0.2) is 5.96 Å². The predicted octanol–water partition coefficient (Wildman–Crippen LogP) is -0.309. The van der Waals surface area contributed by atoms with Crippen molar-refractivity contribution in [3.63, 3.8) is 0 Å². The van der Waals surface area contributed by atoms with Crippen LogP contribution in [0.1, 0.15) is 19.8 Å². The molecule has 3 aliphatic heterocycles. The van der Waals surface area contributed by atoms with E-state index in [2.05, 4.69) is 17.1 Å². The number of aliphatic imine (C=N–C) groups is 1. The van der Waals surface area contributed by atoms with Gasteiger partial charge in [-0.2, -0.15) is 0 Å². The minimum absolute atomic E-state index is 0.0322. The van der Waals surface area contributed by atoms with E-state index < -0.39 is 0 Å². The van der Waals surface area contributed by atoms with Crippen molar-refractivity contribution in [3.05, 3.63) is 0 Å². The number of carbonyl (C=O) groups is 1. The molecule has 3 aliphatic rings. The number of rotatable bonds is 4. The second-order valence-electron chi connectivity index (χ2n) is 6.58. The number of nitrogens with zero attached hydrogens (tertiary/aromatic N) is 3. The van der Waals surface area contributed by atoms with E-state index in [0.29, 0.717) is 46.1 Å². The van der Waals surface area contributed by atoms with Crippen molar-refractivity contribution in [1.29, 1.82) is 0 Å². The van der Waals surface area contributed by atoms with Gasteiger partial charge in [-0.1, -0.05) is 0 Å². The van der Waals surface area contributed by atoms with Gasteiger partial charge in [0.2, 0.25) is 0 Å². The summed E-state index contributed by atoms with van der Waals surface area (Å²) in [4.78, 5) is 21.3. The molecule has 8 nitrogen and oxygen atoms in total. The maximum atomic E-state index is 12.4. The van der Waals surface area contributed by atoms with Crippen molar-refractivity contribution in [2.75, 3.05) is 65.7 Å². The maximum Gasteiger partial charge on any atom is 0.251 e. The molecule has 8 heteroatoms. The lowest BCUT2D eigenvalue weighted by molar-refractivity contribution is -0.142. The number of nitrogens with one attached hydrogen (secondary N) is 1. The number of hydrogen-bond acceptors (Lipinski definition) is 5. The van der Waals surface area contributed by atoms with Crippen molar-refractivity contribution < 1.29 is 19.0 Å². The molecular weight excluding hydrogens is 324 g/mol. The van der Waals surface area contributed by atoms with Gasteiger partial charge in [0.1, 0.15) is 12.2 Å². The molecule has 25 heavy (non-hydrogen) atoms. The molecule has 2 unspecified atom stereocenters. The predicted molar refractivity (Wildman–Crippen MR) is 93.7 cm³/mol. The minimum atomic E-state index is -0.225. The summed E-state index contributed by atoms with van der Waals surface area (Å²) in [7, 11) is 0. The van der Waals surface area contributed by atoms with Crippen LogP contribution in [0.3, 0.4) is 0 Å². The van der Waals surface area contributed by atoms with E-state index in [1.807, 2.05) is 4.90 Å². The zero-order chi connectivity index (χ0) is 17.5. The summed E-state index contributed by atoms with van der Waals surface area (Å²) in [6, 6.07) is 0. The molecule has 0 aliphatic carbocycles. The van der Waals surface area contributed by atoms with Crippen LogP contribution in [0.15, 0.2) is 4.99 Å². The van der Waals surface area contributed by atoms with E-state index in [0.717, 1.165) is 38.4 Å². The number of amides is 1. The fraction of sp³-hybridized carbons (Fsp3) is 0.882. The molecule has 0 spiro atoms. The van der Waals surface area contributed by atoms with Crippen molar-refractivity contribution in [2.24, 2.45) is 4.99 Å². The number of piperazine rings is 1. The summed E-state index contributed by atoms with van der Waals surface area (Å²) >= 11 is 0. The third-order valence-corrected chi connectivity index (χ3v) is 4.76. The van der Waals surface area contributed by atoms with Crippen LogP contribution in [-0.4, -0.2) is 99.6 Å². The highest BCUT2D eigenvalue weighted by molar-refractivity contribution is 5.82. The van der Waals surface area contributed by atoms with Crippen LogP contribution >= 0.6 is 0 Å². The number of ether oxygens (including phenoxy) is 3. The van der Waals surface area contributed by atoms with E-state index in [4.69, 9.17) is 19.2 Å². The third-order valence-electron chi connectivity index (χ3n) is 4.76. The smallest absolute Gasteiger partial charge is 0.251 e. The molecule has 3 heterocycles. The Kier molecular flexibility index (Phi) is 6.89. The van der Waals surface area contributed by atoms with Gasteiger partial charge >= 0.3 is 0 Å². The molecular formula is C17H30N4O4. The van der Waals surface area contributed by atoms with Crippen molar-refractivity contribution >= 4 is 11.9 Å². The van der Waals surface area contributed by atoms with Crippen LogP contribution in [0.5, 0.6) is 0 Å².